The van der Waals surface area contributed by atoms with Gasteiger partial charge in [0.25, 0.3) is 11.8 Å². The summed E-state index contributed by atoms with van der Waals surface area (Å²) in [6, 6.07) is 4.58. The van der Waals surface area contributed by atoms with Gasteiger partial charge in [0.1, 0.15) is 17.9 Å². The van der Waals surface area contributed by atoms with E-state index in [0.29, 0.717) is 30.8 Å². The number of piperidine rings is 2. The Morgan fingerprint density at radius 1 is 1.13 bits per heavy atom. The minimum Gasteiger partial charge on any atom is -0.489 e. The van der Waals surface area contributed by atoms with Crippen molar-refractivity contribution in [1.82, 2.24) is 15.1 Å². The molecule has 3 heterocycles. The zero-order valence-electron chi connectivity index (χ0n) is 17.1. The Bertz CT molecular complexity index is 929. The van der Waals surface area contributed by atoms with Gasteiger partial charge in [0.15, 0.2) is 0 Å². The first-order chi connectivity index (χ1) is 14.8. The maximum atomic E-state index is 13.2. The van der Waals surface area contributed by atoms with Gasteiger partial charge in [-0.15, -0.1) is 0 Å². The number of nitrogens with zero attached hydrogens (tertiary/aromatic N) is 2. The number of imide groups is 1. The summed E-state index contributed by atoms with van der Waals surface area (Å²) < 4.78 is 32.6. The second kappa shape index (κ2) is 7.55. The summed E-state index contributed by atoms with van der Waals surface area (Å²) >= 11 is 0. The van der Waals surface area contributed by atoms with Crippen LogP contribution in [0.15, 0.2) is 18.2 Å². The maximum absolute atomic E-state index is 13.2. The molecule has 0 bridgehead atoms. The molecule has 5 rings (SSSR count). The fourth-order valence-corrected chi connectivity index (χ4v) is 5.10. The molecule has 166 valence electrons. The van der Waals surface area contributed by atoms with Crippen molar-refractivity contribution in [3.8, 4) is 5.75 Å². The SMILES string of the molecule is O=C1CCC(N2Cc3cc(OC4CCCN(C5CC(F)(F)C5)C4)ccc3C2=O)C(=O)N1. The van der Waals surface area contributed by atoms with Crippen LogP contribution in [0.4, 0.5) is 8.78 Å². The smallest absolute Gasteiger partial charge is 0.255 e. The van der Waals surface area contributed by atoms with Crippen molar-refractivity contribution in [2.24, 2.45) is 0 Å². The predicted molar refractivity (Wildman–Crippen MR) is 106 cm³/mol. The second-order valence-electron chi connectivity index (χ2n) is 9.01. The van der Waals surface area contributed by atoms with E-state index in [0.717, 1.165) is 24.9 Å². The first kappa shape index (κ1) is 20.4. The number of carbonyl (C=O) groups is 3. The summed E-state index contributed by atoms with van der Waals surface area (Å²) in [6.07, 6.45) is 2.08. The van der Waals surface area contributed by atoms with E-state index in [4.69, 9.17) is 4.74 Å². The molecule has 4 aliphatic rings. The number of carbonyl (C=O) groups excluding carboxylic acids is 3. The minimum atomic E-state index is -2.53. The third-order valence-electron chi connectivity index (χ3n) is 6.79. The number of likely N-dealkylation sites (tertiary alicyclic amines) is 1. The number of amides is 3. The van der Waals surface area contributed by atoms with Crippen molar-refractivity contribution in [2.75, 3.05) is 13.1 Å². The maximum Gasteiger partial charge on any atom is 0.255 e. The van der Waals surface area contributed by atoms with Gasteiger partial charge in [0.05, 0.1) is 0 Å². The van der Waals surface area contributed by atoms with Crippen LogP contribution in [0.3, 0.4) is 0 Å². The molecule has 2 saturated heterocycles. The molecule has 1 saturated carbocycles. The number of fused-ring (bicyclic) bond motifs is 1. The summed E-state index contributed by atoms with van der Waals surface area (Å²) in [6.45, 7) is 1.74. The van der Waals surface area contributed by atoms with Crippen molar-refractivity contribution < 1.29 is 27.9 Å². The lowest BCUT2D eigenvalue weighted by molar-refractivity contribution is -0.137. The Kier molecular flexibility index (Phi) is 4.96. The quantitative estimate of drug-likeness (QED) is 0.736. The van der Waals surface area contributed by atoms with Crippen LogP contribution >= 0.6 is 0 Å². The molecule has 7 nitrogen and oxygen atoms in total. The van der Waals surface area contributed by atoms with Gasteiger partial charge < -0.3 is 9.64 Å². The van der Waals surface area contributed by atoms with Gasteiger partial charge >= 0.3 is 0 Å². The monoisotopic (exact) mass is 433 g/mol. The van der Waals surface area contributed by atoms with Crippen molar-refractivity contribution >= 4 is 17.7 Å². The molecule has 9 heteroatoms. The number of alkyl halides is 2. The van der Waals surface area contributed by atoms with E-state index in [2.05, 4.69) is 10.2 Å². The Labute approximate surface area is 178 Å². The Hall–Kier alpha value is -2.55. The Balaban J connectivity index is 1.23. The Morgan fingerprint density at radius 3 is 2.68 bits per heavy atom. The molecule has 3 fully saturated rings. The summed E-state index contributed by atoms with van der Waals surface area (Å²) in [4.78, 5) is 40.0. The molecular weight excluding hydrogens is 408 g/mol. The molecule has 3 amide bonds. The molecule has 1 N–H and O–H groups in total. The van der Waals surface area contributed by atoms with Gasteiger partial charge in [-0.25, -0.2) is 8.78 Å². The highest BCUT2D eigenvalue weighted by atomic mass is 19.3. The number of benzene rings is 1. The minimum absolute atomic E-state index is 0.0684. The summed E-state index contributed by atoms with van der Waals surface area (Å²) in [5.74, 6) is -2.85. The molecule has 0 spiro atoms. The fraction of sp³-hybridized carbons (Fsp3) is 0.591. The lowest BCUT2D eigenvalue weighted by atomic mass is 9.85. The molecule has 0 radical (unpaired) electrons. The Morgan fingerprint density at radius 2 is 1.94 bits per heavy atom. The molecular formula is C22H25F2N3O4. The number of nitrogens with one attached hydrogen (secondary N) is 1. The van der Waals surface area contributed by atoms with E-state index < -0.39 is 17.9 Å². The fourth-order valence-electron chi connectivity index (χ4n) is 5.10. The number of rotatable bonds is 4. The van der Waals surface area contributed by atoms with Crippen LogP contribution in [0, 0.1) is 0 Å². The largest absolute Gasteiger partial charge is 0.489 e. The second-order valence-corrected chi connectivity index (χ2v) is 9.01. The number of hydrogen-bond donors (Lipinski definition) is 1. The van der Waals surface area contributed by atoms with Crippen LogP contribution in [0.5, 0.6) is 5.75 Å². The van der Waals surface area contributed by atoms with Crippen LogP contribution in [-0.4, -0.2) is 64.7 Å². The molecule has 2 unspecified atom stereocenters. The highest BCUT2D eigenvalue weighted by Gasteiger charge is 2.48. The first-order valence-corrected chi connectivity index (χ1v) is 10.9. The van der Waals surface area contributed by atoms with Crippen LogP contribution in [0.2, 0.25) is 0 Å². The van der Waals surface area contributed by atoms with E-state index in [1.807, 2.05) is 6.07 Å². The predicted octanol–water partition coefficient (Wildman–Crippen LogP) is 2.09. The molecule has 1 aliphatic carbocycles. The number of halogens is 2. The third-order valence-corrected chi connectivity index (χ3v) is 6.79. The van der Waals surface area contributed by atoms with E-state index in [1.54, 1.807) is 12.1 Å². The molecule has 1 aromatic rings. The summed E-state index contributed by atoms with van der Waals surface area (Å²) in [7, 11) is 0. The average molecular weight is 433 g/mol. The van der Waals surface area contributed by atoms with E-state index in [1.165, 1.54) is 4.90 Å². The zero-order valence-corrected chi connectivity index (χ0v) is 17.1. The van der Waals surface area contributed by atoms with Gasteiger partial charge in [-0.3, -0.25) is 24.6 Å². The van der Waals surface area contributed by atoms with Crippen molar-refractivity contribution in [3.63, 3.8) is 0 Å². The van der Waals surface area contributed by atoms with Crippen molar-refractivity contribution in [3.05, 3.63) is 29.3 Å². The van der Waals surface area contributed by atoms with Gasteiger partial charge in [-0.1, -0.05) is 0 Å². The first-order valence-electron chi connectivity index (χ1n) is 10.9. The van der Waals surface area contributed by atoms with E-state index >= 15 is 0 Å². The normalized spacial score (nSPS) is 28.8. The standard InChI is InChI=1S/C22H25F2N3O4/c23-22(24)9-14(10-22)26-7-1-2-16(12-26)31-15-3-4-17-13(8-15)11-27(21(17)30)18-5-6-19(28)25-20(18)29/h3-4,8,14,16,18H,1-2,5-7,9-12H2,(H,25,28,29). The van der Waals surface area contributed by atoms with Crippen LogP contribution in [0.25, 0.3) is 0 Å². The number of ether oxygens (including phenoxy) is 1. The third kappa shape index (κ3) is 3.91. The van der Waals surface area contributed by atoms with Gasteiger partial charge in [-0.2, -0.15) is 0 Å². The van der Waals surface area contributed by atoms with Crippen molar-refractivity contribution in [1.29, 1.82) is 0 Å². The van der Waals surface area contributed by atoms with Gasteiger partial charge in [0, 0.05) is 44.0 Å². The molecule has 2 atom stereocenters. The van der Waals surface area contributed by atoms with Gasteiger partial charge in [-0.05, 0) is 49.6 Å². The van der Waals surface area contributed by atoms with Crippen LogP contribution < -0.4 is 10.1 Å². The lowest BCUT2D eigenvalue weighted by Crippen LogP contribution is -2.55. The molecule has 1 aromatic carbocycles. The molecule has 3 aliphatic heterocycles. The summed E-state index contributed by atoms with van der Waals surface area (Å²) in [5.41, 5.74) is 1.33. The van der Waals surface area contributed by atoms with Gasteiger partial charge in [0.2, 0.25) is 11.8 Å². The van der Waals surface area contributed by atoms with Crippen molar-refractivity contribution in [2.45, 2.75) is 69.2 Å². The lowest BCUT2D eigenvalue weighted by Gasteiger charge is -2.45. The summed E-state index contributed by atoms with van der Waals surface area (Å²) in [5, 5.41) is 2.30. The highest BCUT2D eigenvalue weighted by molar-refractivity contribution is 6.05. The number of hydrogen-bond acceptors (Lipinski definition) is 5. The van der Waals surface area contributed by atoms with Crippen LogP contribution in [0.1, 0.15) is 54.4 Å². The average Bonchev–Trinajstić information content (AvgIpc) is 3.02. The zero-order chi connectivity index (χ0) is 21.8. The molecule has 31 heavy (non-hydrogen) atoms. The molecule has 0 aromatic heterocycles. The topological polar surface area (TPSA) is 79.0 Å². The van der Waals surface area contributed by atoms with Crippen LogP contribution in [-0.2, 0) is 16.1 Å². The van der Waals surface area contributed by atoms with E-state index in [-0.39, 0.29) is 43.2 Å². The highest BCUT2D eigenvalue weighted by Crippen LogP contribution is 2.41. The van der Waals surface area contributed by atoms with E-state index in [9.17, 15) is 23.2 Å².